The maximum Gasteiger partial charge on any atom is 0.272 e. The van der Waals surface area contributed by atoms with Crippen LogP contribution in [-0.4, -0.2) is 64.7 Å². The van der Waals surface area contributed by atoms with Gasteiger partial charge in [-0.15, -0.1) is 0 Å². The average Bonchev–Trinajstić information content (AvgIpc) is 3.25. The second-order valence-corrected chi connectivity index (χ2v) is 9.66. The van der Waals surface area contributed by atoms with E-state index in [9.17, 15) is 9.59 Å². The van der Waals surface area contributed by atoms with Crippen LogP contribution in [0.15, 0.2) is 66.7 Å². The van der Waals surface area contributed by atoms with Gasteiger partial charge in [-0.25, -0.2) is 0 Å². The van der Waals surface area contributed by atoms with Crippen molar-refractivity contribution in [2.75, 3.05) is 27.2 Å². The minimum Gasteiger partial charge on any atom is -0.367 e. The largest absolute Gasteiger partial charge is 0.367 e. The Morgan fingerprint density at radius 2 is 1.67 bits per heavy atom. The maximum absolute atomic E-state index is 13.5. The van der Waals surface area contributed by atoms with Crippen LogP contribution < -0.4 is 0 Å². The molecule has 0 unspecified atom stereocenters. The number of carbonyl (C=O) groups excluding carboxylic acids is 2. The fourth-order valence-electron chi connectivity index (χ4n) is 5.30. The number of hydrogen-bond donors (Lipinski definition) is 0. The van der Waals surface area contributed by atoms with Crippen molar-refractivity contribution in [1.29, 1.82) is 0 Å². The quantitative estimate of drug-likeness (QED) is 0.480. The van der Waals surface area contributed by atoms with Crippen molar-refractivity contribution < 1.29 is 14.3 Å². The van der Waals surface area contributed by atoms with Crippen LogP contribution >= 0.6 is 0 Å². The molecule has 7 heteroatoms. The molecule has 3 aromatic rings. The molecule has 2 atom stereocenters. The Labute approximate surface area is 213 Å². The lowest BCUT2D eigenvalue weighted by atomic mass is 9.84. The fourth-order valence-corrected chi connectivity index (χ4v) is 5.30. The number of likely N-dealkylation sites (N-methyl/N-ethyl adjacent to an activating group) is 1. The Kier molecular flexibility index (Phi) is 8.21. The van der Waals surface area contributed by atoms with Gasteiger partial charge in [0.1, 0.15) is 5.69 Å². The molecule has 1 aliphatic rings. The van der Waals surface area contributed by atoms with Gasteiger partial charge in [-0.3, -0.25) is 14.3 Å². The van der Waals surface area contributed by atoms with Crippen molar-refractivity contribution in [3.63, 3.8) is 0 Å². The van der Waals surface area contributed by atoms with Gasteiger partial charge in [0.15, 0.2) is 6.10 Å². The lowest BCUT2D eigenvalue weighted by Crippen LogP contribution is -2.49. The third kappa shape index (κ3) is 5.68. The standard InChI is InChI=1S/C29H36N4O3/c1-21-19-26(32(3)30-21)28(34)31(2)25(20-22-11-7-5-8-12-22)23-15-17-33(18-16-23)29(35)27(36-4)24-13-9-6-10-14-24/h5-14,19,23,25,27H,15-18,20H2,1-4H3/t25-,27-/m0/s1. The zero-order valence-electron chi connectivity index (χ0n) is 21.6. The first kappa shape index (κ1) is 25.6. The van der Waals surface area contributed by atoms with Crippen LogP contribution in [0.3, 0.4) is 0 Å². The third-order valence-electron chi connectivity index (χ3n) is 7.28. The lowest BCUT2D eigenvalue weighted by molar-refractivity contribution is -0.144. The second kappa shape index (κ2) is 11.5. The molecule has 2 aromatic carbocycles. The van der Waals surface area contributed by atoms with Crippen LogP contribution in [0.1, 0.15) is 46.3 Å². The van der Waals surface area contributed by atoms with Gasteiger partial charge in [-0.05, 0) is 49.3 Å². The molecule has 0 N–H and O–H groups in total. The molecule has 4 rings (SSSR count). The van der Waals surface area contributed by atoms with E-state index in [-0.39, 0.29) is 23.8 Å². The minimum atomic E-state index is -0.597. The van der Waals surface area contributed by atoms with Gasteiger partial charge in [-0.1, -0.05) is 60.7 Å². The average molecular weight is 489 g/mol. The van der Waals surface area contributed by atoms with E-state index in [0.29, 0.717) is 18.8 Å². The zero-order valence-corrected chi connectivity index (χ0v) is 21.6. The number of aryl methyl sites for hydroxylation is 2. The lowest BCUT2D eigenvalue weighted by Gasteiger charge is -2.40. The van der Waals surface area contributed by atoms with E-state index in [0.717, 1.165) is 30.5 Å². The van der Waals surface area contributed by atoms with Crippen molar-refractivity contribution in [1.82, 2.24) is 19.6 Å². The summed E-state index contributed by atoms with van der Waals surface area (Å²) in [7, 11) is 5.29. The van der Waals surface area contributed by atoms with Crippen LogP contribution in [0.2, 0.25) is 0 Å². The summed E-state index contributed by atoms with van der Waals surface area (Å²) in [6.07, 6.45) is 1.83. The Bertz CT molecular complexity index is 1150. The molecule has 2 heterocycles. The molecule has 190 valence electrons. The van der Waals surface area contributed by atoms with Crippen molar-refractivity contribution >= 4 is 11.8 Å². The van der Waals surface area contributed by atoms with Crippen molar-refractivity contribution in [2.45, 2.75) is 38.3 Å². The summed E-state index contributed by atoms with van der Waals surface area (Å²) in [5.74, 6) is 0.243. The Morgan fingerprint density at radius 1 is 1.06 bits per heavy atom. The fraction of sp³-hybridized carbons (Fsp3) is 0.414. The first-order valence-electron chi connectivity index (χ1n) is 12.6. The highest BCUT2D eigenvalue weighted by Crippen LogP contribution is 2.29. The Balaban J connectivity index is 1.49. The normalized spacial score (nSPS) is 15.9. The molecule has 0 aliphatic carbocycles. The predicted molar refractivity (Wildman–Crippen MR) is 139 cm³/mol. The molecule has 1 fully saturated rings. The van der Waals surface area contributed by atoms with E-state index in [1.807, 2.05) is 85.4 Å². The monoisotopic (exact) mass is 488 g/mol. The van der Waals surface area contributed by atoms with Gasteiger partial charge in [0.05, 0.1) is 5.69 Å². The smallest absolute Gasteiger partial charge is 0.272 e. The van der Waals surface area contributed by atoms with Gasteiger partial charge < -0.3 is 14.5 Å². The Morgan fingerprint density at radius 3 is 2.22 bits per heavy atom. The van der Waals surface area contributed by atoms with E-state index in [1.165, 1.54) is 5.56 Å². The molecular formula is C29H36N4O3. The van der Waals surface area contributed by atoms with Gasteiger partial charge in [0, 0.05) is 40.3 Å². The maximum atomic E-state index is 13.5. The molecule has 36 heavy (non-hydrogen) atoms. The highest BCUT2D eigenvalue weighted by Gasteiger charge is 2.35. The van der Waals surface area contributed by atoms with Crippen molar-refractivity contribution in [3.05, 3.63) is 89.2 Å². The number of nitrogens with zero attached hydrogens (tertiary/aromatic N) is 4. The van der Waals surface area contributed by atoms with E-state index in [2.05, 4.69) is 17.2 Å². The van der Waals surface area contributed by atoms with E-state index < -0.39 is 6.10 Å². The highest BCUT2D eigenvalue weighted by atomic mass is 16.5. The minimum absolute atomic E-state index is 0.00319. The summed E-state index contributed by atoms with van der Waals surface area (Å²) < 4.78 is 7.24. The molecule has 0 bridgehead atoms. The van der Waals surface area contributed by atoms with E-state index in [1.54, 1.807) is 11.8 Å². The summed E-state index contributed by atoms with van der Waals surface area (Å²) in [5.41, 5.74) is 3.48. The molecular weight excluding hydrogens is 452 g/mol. The summed E-state index contributed by atoms with van der Waals surface area (Å²) in [4.78, 5) is 30.6. The van der Waals surface area contributed by atoms with Crippen LogP contribution in [0.25, 0.3) is 0 Å². The van der Waals surface area contributed by atoms with E-state index in [4.69, 9.17) is 4.74 Å². The van der Waals surface area contributed by atoms with Gasteiger partial charge >= 0.3 is 0 Å². The number of likely N-dealkylation sites (tertiary alicyclic amines) is 1. The summed E-state index contributed by atoms with van der Waals surface area (Å²) >= 11 is 0. The Hall–Kier alpha value is -3.45. The number of aromatic nitrogens is 2. The summed E-state index contributed by atoms with van der Waals surface area (Å²) in [6.45, 7) is 3.19. The first-order chi connectivity index (χ1) is 17.4. The zero-order chi connectivity index (χ0) is 25.7. The number of rotatable bonds is 8. The van der Waals surface area contributed by atoms with Crippen molar-refractivity contribution in [2.24, 2.45) is 13.0 Å². The highest BCUT2D eigenvalue weighted by molar-refractivity contribution is 5.92. The van der Waals surface area contributed by atoms with Crippen LogP contribution in [0.5, 0.6) is 0 Å². The first-order valence-corrected chi connectivity index (χ1v) is 12.6. The third-order valence-corrected chi connectivity index (χ3v) is 7.28. The number of carbonyl (C=O) groups is 2. The molecule has 1 aromatic heterocycles. The van der Waals surface area contributed by atoms with Gasteiger partial charge in [-0.2, -0.15) is 5.10 Å². The van der Waals surface area contributed by atoms with Crippen molar-refractivity contribution in [3.8, 4) is 0 Å². The SMILES string of the molecule is CO[C@H](C(=O)N1CCC([C@H](Cc2ccccc2)N(C)C(=O)c2cc(C)nn2C)CC1)c1ccccc1. The number of ether oxygens (including phenoxy) is 1. The number of benzene rings is 2. The molecule has 0 radical (unpaired) electrons. The topological polar surface area (TPSA) is 67.7 Å². The molecule has 0 saturated carbocycles. The number of hydrogen-bond acceptors (Lipinski definition) is 4. The second-order valence-electron chi connectivity index (χ2n) is 9.66. The molecule has 0 spiro atoms. The number of methoxy groups -OCH3 is 1. The van der Waals surface area contributed by atoms with Gasteiger partial charge in [0.25, 0.3) is 11.8 Å². The van der Waals surface area contributed by atoms with Crippen LogP contribution in [-0.2, 0) is 23.0 Å². The van der Waals surface area contributed by atoms with Gasteiger partial charge in [0.2, 0.25) is 0 Å². The summed E-state index contributed by atoms with van der Waals surface area (Å²) in [6, 6.07) is 21.8. The van der Waals surface area contributed by atoms with E-state index >= 15 is 0 Å². The summed E-state index contributed by atoms with van der Waals surface area (Å²) in [5, 5.41) is 4.36. The molecule has 2 amide bonds. The molecule has 7 nitrogen and oxygen atoms in total. The number of amides is 2. The van der Waals surface area contributed by atoms with Crippen LogP contribution in [0, 0.1) is 12.8 Å². The number of piperidine rings is 1. The molecule has 1 saturated heterocycles. The predicted octanol–water partition coefficient (Wildman–Crippen LogP) is 4.04. The molecule has 1 aliphatic heterocycles. The van der Waals surface area contributed by atoms with Crippen LogP contribution in [0.4, 0.5) is 0 Å².